The first kappa shape index (κ1) is 22.3. The van der Waals surface area contributed by atoms with Gasteiger partial charge in [0, 0.05) is 29.1 Å². The summed E-state index contributed by atoms with van der Waals surface area (Å²) in [6.45, 7) is -0.534. The lowest BCUT2D eigenvalue weighted by Gasteiger charge is -2.11. The van der Waals surface area contributed by atoms with E-state index in [1.54, 1.807) is 30.3 Å². The van der Waals surface area contributed by atoms with E-state index >= 15 is 0 Å². The maximum atomic E-state index is 13.4. The van der Waals surface area contributed by atoms with E-state index in [0.717, 1.165) is 0 Å². The first-order chi connectivity index (χ1) is 16.0. The SMILES string of the molecule is O=C(Nc1cccc(OC[C@@H](O)CO)c1)c1cncc2[nH]c(-c3ccccc3C(F)F)nc12. The van der Waals surface area contributed by atoms with Gasteiger partial charge in [0.1, 0.15) is 29.8 Å². The molecule has 33 heavy (non-hydrogen) atoms. The van der Waals surface area contributed by atoms with Gasteiger partial charge in [0.2, 0.25) is 0 Å². The summed E-state index contributed by atoms with van der Waals surface area (Å²) in [4.78, 5) is 24.3. The summed E-state index contributed by atoms with van der Waals surface area (Å²) >= 11 is 0. The number of alkyl halides is 2. The summed E-state index contributed by atoms with van der Waals surface area (Å²) in [7, 11) is 0. The average molecular weight is 454 g/mol. The van der Waals surface area contributed by atoms with Crippen molar-refractivity contribution < 1.29 is 28.5 Å². The number of rotatable bonds is 8. The van der Waals surface area contributed by atoms with Gasteiger partial charge in [-0.3, -0.25) is 9.78 Å². The number of anilines is 1. The van der Waals surface area contributed by atoms with Crippen molar-refractivity contribution in [2.45, 2.75) is 12.5 Å². The highest BCUT2D eigenvalue weighted by Gasteiger charge is 2.19. The Hall–Kier alpha value is -3.89. The van der Waals surface area contributed by atoms with E-state index in [1.807, 2.05) is 0 Å². The van der Waals surface area contributed by atoms with Crippen LogP contribution in [0.2, 0.25) is 0 Å². The Bertz CT molecular complexity index is 1280. The number of carbonyl (C=O) groups excluding carboxylic acids is 1. The molecule has 2 aromatic carbocycles. The van der Waals surface area contributed by atoms with Crippen molar-refractivity contribution in [2.24, 2.45) is 0 Å². The zero-order valence-corrected chi connectivity index (χ0v) is 17.2. The highest BCUT2D eigenvalue weighted by Crippen LogP contribution is 2.31. The van der Waals surface area contributed by atoms with E-state index < -0.39 is 25.0 Å². The summed E-state index contributed by atoms with van der Waals surface area (Å²) < 4.78 is 32.2. The van der Waals surface area contributed by atoms with Crippen molar-refractivity contribution in [1.82, 2.24) is 15.0 Å². The molecule has 4 rings (SSSR count). The highest BCUT2D eigenvalue weighted by atomic mass is 19.3. The smallest absolute Gasteiger partial charge is 0.264 e. The normalized spacial score (nSPS) is 12.2. The van der Waals surface area contributed by atoms with Crippen LogP contribution in [-0.2, 0) is 0 Å². The van der Waals surface area contributed by atoms with Crippen LogP contribution in [0.15, 0.2) is 60.9 Å². The molecule has 0 aliphatic carbocycles. The number of halogens is 2. The van der Waals surface area contributed by atoms with Crippen molar-refractivity contribution in [1.29, 1.82) is 0 Å². The van der Waals surface area contributed by atoms with E-state index in [2.05, 4.69) is 20.3 Å². The molecule has 170 valence electrons. The van der Waals surface area contributed by atoms with Crippen molar-refractivity contribution in [2.75, 3.05) is 18.5 Å². The zero-order valence-electron chi connectivity index (χ0n) is 17.2. The lowest BCUT2D eigenvalue weighted by Crippen LogP contribution is -2.21. The quantitative estimate of drug-likeness (QED) is 0.323. The third-order valence-corrected chi connectivity index (χ3v) is 4.83. The number of aromatic nitrogens is 3. The van der Waals surface area contributed by atoms with Crippen molar-refractivity contribution in [3.05, 3.63) is 72.1 Å². The third kappa shape index (κ3) is 4.97. The van der Waals surface area contributed by atoms with Gasteiger partial charge in [-0.15, -0.1) is 0 Å². The van der Waals surface area contributed by atoms with Gasteiger partial charge in [-0.05, 0) is 12.1 Å². The van der Waals surface area contributed by atoms with Gasteiger partial charge in [0.15, 0.2) is 0 Å². The van der Waals surface area contributed by atoms with Crippen LogP contribution >= 0.6 is 0 Å². The van der Waals surface area contributed by atoms with Gasteiger partial charge in [-0.1, -0.05) is 30.3 Å². The van der Waals surface area contributed by atoms with E-state index in [1.165, 1.54) is 30.6 Å². The van der Waals surface area contributed by atoms with E-state index in [0.29, 0.717) is 22.5 Å². The molecule has 2 heterocycles. The minimum Gasteiger partial charge on any atom is -0.491 e. The number of nitrogens with zero attached hydrogens (tertiary/aromatic N) is 2. The van der Waals surface area contributed by atoms with Gasteiger partial charge in [-0.25, -0.2) is 13.8 Å². The second kappa shape index (κ2) is 9.72. The average Bonchev–Trinajstić information content (AvgIpc) is 3.27. The molecule has 8 nitrogen and oxygen atoms in total. The molecule has 1 amide bonds. The van der Waals surface area contributed by atoms with Gasteiger partial charge in [0.05, 0.1) is 23.9 Å². The summed E-state index contributed by atoms with van der Waals surface area (Å²) in [5.74, 6) is 0.101. The molecule has 0 radical (unpaired) electrons. The number of benzene rings is 2. The molecule has 2 aromatic heterocycles. The van der Waals surface area contributed by atoms with Crippen LogP contribution in [0.4, 0.5) is 14.5 Å². The molecular formula is C23H20F2N4O4. The molecular weight excluding hydrogens is 434 g/mol. The fraction of sp³-hybridized carbons (Fsp3) is 0.174. The van der Waals surface area contributed by atoms with Crippen LogP contribution in [0.1, 0.15) is 22.3 Å². The van der Waals surface area contributed by atoms with Gasteiger partial charge in [0.25, 0.3) is 12.3 Å². The lowest BCUT2D eigenvalue weighted by atomic mass is 10.1. The minimum atomic E-state index is -2.68. The number of hydrogen-bond donors (Lipinski definition) is 4. The number of carbonyl (C=O) groups is 1. The second-order valence-corrected chi connectivity index (χ2v) is 7.19. The number of aliphatic hydroxyl groups excluding tert-OH is 2. The standard InChI is InChI=1S/C23H20F2N4O4/c24-21(25)16-6-1-2-7-17(16)22-28-19-10-26-9-18(20(19)29-22)23(32)27-13-4-3-5-15(8-13)33-12-14(31)11-30/h1-10,14,21,30-31H,11-12H2,(H,27,32)(H,28,29)/t14-/m0/s1. The van der Waals surface area contributed by atoms with Crippen molar-refractivity contribution in [3.63, 3.8) is 0 Å². The monoisotopic (exact) mass is 454 g/mol. The molecule has 4 aromatic rings. The van der Waals surface area contributed by atoms with Crippen LogP contribution in [0.5, 0.6) is 5.75 Å². The van der Waals surface area contributed by atoms with Crippen LogP contribution in [-0.4, -0.2) is 50.4 Å². The Kier molecular flexibility index (Phi) is 6.57. The Labute approximate surface area is 186 Å². The fourth-order valence-corrected chi connectivity index (χ4v) is 3.24. The largest absolute Gasteiger partial charge is 0.491 e. The molecule has 0 fully saturated rings. The summed E-state index contributed by atoms with van der Waals surface area (Å²) in [6, 6.07) is 12.5. The number of pyridine rings is 1. The van der Waals surface area contributed by atoms with E-state index in [4.69, 9.17) is 9.84 Å². The second-order valence-electron chi connectivity index (χ2n) is 7.19. The Morgan fingerprint density at radius 3 is 2.76 bits per heavy atom. The highest BCUT2D eigenvalue weighted by molar-refractivity contribution is 6.11. The van der Waals surface area contributed by atoms with Crippen molar-refractivity contribution >= 4 is 22.6 Å². The molecule has 4 N–H and O–H groups in total. The maximum Gasteiger partial charge on any atom is 0.264 e. The Morgan fingerprint density at radius 2 is 1.97 bits per heavy atom. The van der Waals surface area contributed by atoms with Gasteiger partial charge >= 0.3 is 0 Å². The first-order valence-corrected chi connectivity index (χ1v) is 10.0. The number of imidazole rings is 1. The van der Waals surface area contributed by atoms with Crippen LogP contribution < -0.4 is 10.1 Å². The molecule has 0 saturated heterocycles. The van der Waals surface area contributed by atoms with Crippen LogP contribution in [0.3, 0.4) is 0 Å². The molecule has 0 aliphatic rings. The first-order valence-electron chi connectivity index (χ1n) is 10.0. The number of amides is 1. The number of aromatic amines is 1. The molecule has 0 aliphatic heterocycles. The third-order valence-electron chi connectivity index (χ3n) is 4.83. The van der Waals surface area contributed by atoms with Gasteiger partial charge in [-0.2, -0.15) is 0 Å². The number of aliphatic hydroxyl groups is 2. The number of H-pyrrole nitrogens is 1. The topological polar surface area (TPSA) is 120 Å². The van der Waals surface area contributed by atoms with Crippen molar-refractivity contribution in [3.8, 4) is 17.1 Å². The number of fused-ring (bicyclic) bond motifs is 1. The number of ether oxygens (including phenoxy) is 1. The molecule has 0 unspecified atom stereocenters. The van der Waals surface area contributed by atoms with Gasteiger partial charge < -0.3 is 25.3 Å². The fourth-order valence-electron chi connectivity index (χ4n) is 3.24. The summed E-state index contributed by atoms with van der Waals surface area (Å²) in [6.07, 6.45) is -0.882. The Balaban J connectivity index is 1.60. The summed E-state index contributed by atoms with van der Waals surface area (Å²) in [5.41, 5.74) is 1.37. The van der Waals surface area contributed by atoms with Crippen LogP contribution in [0.25, 0.3) is 22.4 Å². The zero-order chi connectivity index (χ0) is 23.4. The van der Waals surface area contributed by atoms with E-state index in [-0.39, 0.29) is 29.1 Å². The van der Waals surface area contributed by atoms with Crippen LogP contribution in [0, 0.1) is 0 Å². The molecule has 0 bridgehead atoms. The maximum absolute atomic E-state index is 13.4. The predicted octanol–water partition coefficient (Wildman–Crippen LogP) is 3.55. The number of hydrogen-bond acceptors (Lipinski definition) is 6. The molecule has 0 spiro atoms. The van der Waals surface area contributed by atoms with E-state index in [9.17, 15) is 18.7 Å². The molecule has 1 atom stereocenters. The summed E-state index contributed by atoms with van der Waals surface area (Å²) in [5, 5.41) is 21.0. The predicted molar refractivity (Wildman–Crippen MR) is 117 cm³/mol. The Morgan fingerprint density at radius 1 is 1.15 bits per heavy atom. The molecule has 0 saturated carbocycles. The minimum absolute atomic E-state index is 0.104. The number of nitrogens with one attached hydrogen (secondary N) is 2. The molecule has 10 heteroatoms. The lowest BCUT2D eigenvalue weighted by molar-refractivity contribution is 0.0536.